The number of hydrogen-bond donors (Lipinski definition) is 0. The van der Waals surface area contributed by atoms with Gasteiger partial charge in [-0.05, 0) is 60.2 Å². The highest BCUT2D eigenvalue weighted by Gasteiger charge is 2.06. The molecule has 0 aliphatic carbocycles. The fourth-order valence-corrected chi connectivity index (χ4v) is 2.60. The minimum Gasteiger partial charge on any atom is -0.317 e. The summed E-state index contributed by atoms with van der Waals surface area (Å²) in [5, 5.41) is 9.41. The van der Waals surface area contributed by atoms with Crippen LogP contribution in [0.1, 0.15) is 11.3 Å². The first kappa shape index (κ1) is 15.3. The molecule has 2 nitrogen and oxygen atoms in total. The van der Waals surface area contributed by atoms with E-state index in [-0.39, 0.29) is 5.82 Å². The number of nitrogens with zero attached hydrogens (tertiary/aromatic N) is 2. The molecule has 4 heteroatoms. The third kappa shape index (κ3) is 3.41. The molecule has 23 heavy (non-hydrogen) atoms. The van der Waals surface area contributed by atoms with Crippen LogP contribution in [0.5, 0.6) is 0 Å². The summed E-state index contributed by atoms with van der Waals surface area (Å²) in [7, 11) is 0. The van der Waals surface area contributed by atoms with E-state index in [4.69, 9.17) is 0 Å². The van der Waals surface area contributed by atoms with Crippen LogP contribution >= 0.6 is 15.9 Å². The molecule has 0 atom stereocenters. The fourth-order valence-electron chi connectivity index (χ4n) is 2.33. The first-order valence-electron chi connectivity index (χ1n) is 6.98. The van der Waals surface area contributed by atoms with Gasteiger partial charge in [0.25, 0.3) is 0 Å². The average molecular weight is 367 g/mol. The Morgan fingerprint density at radius 1 is 1.09 bits per heavy atom. The van der Waals surface area contributed by atoms with Gasteiger partial charge in [0, 0.05) is 22.1 Å². The Kier molecular flexibility index (Phi) is 4.40. The van der Waals surface area contributed by atoms with Gasteiger partial charge < -0.3 is 4.57 Å². The van der Waals surface area contributed by atoms with Gasteiger partial charge in [-0.2, -0.15) is 5.26 Å². The maximum Gasteiger partial charge on any atom is 0.123 e. The zero-order valence-corrected chi connectivity index (χ0v) is 13.7. The minimum absolute atomic E-state index is 0.355. The highest BCUT2D eigenvalue weighted by molar-refractivity contribution is 9.10. The molecule has 0 saturated heterocycles. The van der Waals surface area contributed by atoms with E-state index in [1.165, 1.54) is 12.1 Å². The summed E-state index contributed by atoms with van der Waals surface area (Å²) in [5.74, 6) is -0.355. The van der Waals surface area contributed by atoms with Crippen LogP contribution in [0, 0.1) is 17.1 Å². The van der Waals surface area contributed by atoms with Crippen molar-refractivity contribution in [2.24, 2.45) is 0 Å². The first-order chi connectivity index (χ1) is 11.2. The lowest BCUT2D eigenvalue weighted by Crippen LogP contribution is -1.95. The first-order valence-corrected chi connectivity index (χ1v) is 7.78. The van der Waals surface area contributed by atoms with Crippen LogP contribution in [0.2, 0.25) is 0 Å². The smallest absolute Gasteiger partial charge is 0.123 e. The molecule has 112 valence electrons. The molecule has 0 aliphatic rings. The predicted molar refractivity (Wildman–Crippen MR) is 93.4 cm³/mol. The van der Waals surface area contributed by atoms with Crippen molar-refractivity contribution in [2.45, 2.75) is 0 Å². The van der Waals surface area contributed by atoms with Crippen molar-refractivity contribution >= 4 is 27.6 Å². The second-order valence-corrected chi connectivity index (χ2v) is 5.88. The third-order valence-electron chi connectivity index (χ3n) is 3.43. The second kappa shape index (κ2) is 6.64. The Morgan fingerprint density at radius 2 is 1.87 bits per heavy atom. The van der Waals surface area contributed by atoms with E-state index in [0.29, 0.717) is 11.1 Å². The summed E-state index contributed by atoms with van der Waals surface area (Å²) in [6, 6.07) is 19.9. The Hall–Kier alpha value is -2.64. The Bertz CT molecular complexity index is 902. The minimum atomic E-state index is -0.355. The van der Waals surface area contributed by atoms with Crippen molar-refractivity contribution in [3.8, 4) is 11.8 Å². The molecule has 0 bridgehead atoms. The van der Waals surface area contributed by atoms with Crippen molar-refractivity contribution < 1.29 is 4.39 Å². The van der Waals surface area contributed by atoms with Crippen molar-refractivity contribution in [1.82, 2.24) is 4.57 Å². The number of aromatic nitrogens is 1. The summed E-state index contributed by atoms with van der Waals surface area (Å²) in [5.41, 5.74) is 2.83. The molecule has 0 unspecified atom stereocenters. The van der Waals surface area contributed by atoms with E-state index in [0.717, 1.165) is 15.9 Å². The molecule has 3 aromatic rings. The molecular formula is C19H12BrFN2. The molecule has 0 fully saturated rings. The van der Waals surface area contributed by atoms with Crippen LogP contribution in [0.4, 0.5) is 4.39 Å². The monoisotopic (exact) mass is 366 g/mol. The van der Waals surface area contributed by atoms with E-state index < -0.39 is 0 Å². The van der Waals surface area contributed by atoms with Crippen LogP contribution in [0.25, 0.3) is 17.3 Å². The Labute approximate surface area is 142 Å². The molecular weight excluding hydrogens is 355 g/mol. The highest BCUT2D eigenvalue weighted by atomic mass is 79.9. The van der Waals surface area contributed by atoms with E-state index in [2.05, 4.69) is 22.0 Å². The predicted octanol–water partition coefficient (Wildman–Crippen LogP) is 5.44. The summed E-state index contributed by atoms with van der Waals surface area (Å²) < 4.78 is 16.4. The van der Waals surface area contributed by atoms with Gasteiger partial charge in [-0.25, -0.2) is 4.39 Å². The zero-order chi connectivity index (χ0) is 16.2. The van der Waals surface area contributed by atoms with Gasteiger partial charge in [-0.3, -0.25) is 0 Å². The standard InChI is InChI=1S/C19H12BrFN2/c20-16-6-8-18(9-7-16)23-10-2-5-19(23)12-15(13-22)14-3-1-4-17(21)11-14/h1-12H/b15-12-. The average Bonchev–Trinajstić information content (AvgIpc) is 3.01. The van der Waals surface area contributed by atoms with E-state index in [1.807, 2.05) is 47.2 Å². The molecule has 0 amide bonds. The summed E-state index contributed by atoms with van der Waals surface area (Å²) >= 11 is 3.42. The molecule has 0 aliphatic heterocycles. The van der Waals surface area contributed by atoms with Gasteiger partial charge in [0.1, 0.15) is 5.82 Å². The van der Waals surface area contributed by atoms with Crippen molar-refractivity contribution in [3.05, 3.63) is 88.4 Å². The molecule has 0 N–H and O–H groups in total. The van der Waals surface area contributed by atoms with Crippen LogP contribution < -0.4 is 0 Å². The highest BCUT2D eigenvalue weighted by Crippen LogP contribution is 2.22. The SMILES string of the molecule is N#C/C(=C/c1cccn1-c1ccc(Br)cc1)c1cccc(F)c1. The van der Waals surface area contributed by atoms with Crippen molar-refractivity contribution in [1.29, 1.82) is 5.26 Å². The van der Waals surface area contributed by atoms with Crippen molar-refractivity contribution in [3.63, 3.8) is 0 Å². The van der Waals surface area contributed by atoms with Crippen LogP contribution in [-0.4, -0.2) is 4.57 Å². The molecule has 1 aromatic heterocycles. The second-order valence-electron chi connectivity index (χ2n) is 4.96. The lowest BCUT2D eigenvalue weighted by Gasteiger charge is -2.07. The zero-order valence-electron chi connectivity index (χ0n) is 12.1. The van der Waals surface area contributed by atoms with Crippen LogP contribution in [0.3, 0.4) is 0 Å². The number of halogens is 2. The largest absolute Gasteiger partial charge is 0.317 e. The number of benzene rings is 2. The molecule has 0 saturated carbocycles. The summed E-state index contributed by atoms with van der Waals surface area (Å²) in [4.78, 5) is 0. The molecule has 0 spiro atoms. The number of hydrogen-bond acceptors (Lipinski definition) is 1. The van der Waals surface area contributed by atoms with Gasteiger partial charge in [-0.1, -0.05) is 28.1 Å². The third-order valence-corrected chi connectivity index (χ3v) is 3.96. The van der Waals surface area contributed by atoms with Gasteiger partial charge in [-0.15, -0.1) is 0 Å². The van der Waals surface area contributed by atoms with Crippen molar-refractivity contribution in [2.75, 3.05) is 0 Å². The topological polar surface area (TPSA) is 28.7 Å². The lowest BCUT2D eigenvalue weighted by molar-refractivity contribution is 0.627. The van der Waals surface area contributed by atoms with Crippen LogP contribution in [-0.2, 0) is 0 Å². The lowest BCUT2D eigenvalue weighted by atomic mass is 10.1. The molecule has 3 rings (SSSR count). The Morgan fingerprint density at radius 3 is 2.57 bits per heavy atom. The van der Waals surface area contributed by atoms with E-state index >= 15 is 0 Å². The molecule has 1 heterocycles. The number of rotatable bonds is 3. The van der Waals surface area contributed by atoms with Gasteiger partial charge >= 0.3 is 0 Å². The van der Waals surface area contributed by atoms with E-state index in [9.17, 15) is 9.65 Å². The van der Waals surface area contributed by atoms with Gasteiger partial charge in [0.15, 0.2) is 0 Å². The molecule has 2 aromatic carbocycles. The maximum atomic E-state index is 13.4. The van der Waals surface area contributed by atoms with Gasteiger partial charge in [0.2, 0.25) is 0 Å². The quantitative estimate of drug-likeness (QED) is 0.567. The normalized spacial score (nSPS) is 11.3. The number of nitriles is 1. The Balaban J connectivity index is 2.04. The number of allylic oxidation sites excluding steroid dienone is 1. The van der Waals surface area contributed by atoms with E-state index in [1.54, 1.807) is 18.2 Å². The summed E-state index contributed by atoms with van der Waals surface area (Å²) in [6.07, 6.45) is 3.69. The summed E-state index contributed by atoms with van der Waals surface area (Å²) in [6.45, 7) is 0. The van der Waals surface area contributed by atoms with Gasteiger partial charge in [0.05, 0.1) is 11.6 Å². The van der Waals surface area contributed by atoms with Crippen LogP contribution in [0.15, 0.2) is 71.3 Å². The maximum absolute atomic E-state index is 13.4. The molecule has 0 radical (unpaired) electrons. The fraction of sp³-hybridized carbons (Fsp3) is 0.